The van der Waals surface area contributed by atoms with Gasteiger partial charge in [0.05, 0.1) is 18.6 Å². The molecule has 246 valence electrons. The summed E-state index contributed by atoms with van der Waals surface area (Å²) >= 11 is 0. The lowest BCUT2D eigenvalue weighted by atomic mass is 9.94. The predicted molar refractivity (Wildman–Crippen MR) is 186 cm³/mol. The summed E-state index contributed by atoms with van der Waals surface area (Å²) in [6.07, 6.45) is 2.00. The van der Waals surface area contributed by atoms with E-state index in [1.54, 1.807) is 12.1 Å². The van der Waals surface area contributed by atoms with Crippen LogP contribution >= 0.6 is 0 Å². The van der Waals surface area contributed by atoms with Gasteiger partial charge in [-0.15, -0.1) is 0 Å². The van der Waals surface area contributed by atoms with Crippen LogP contribution in [-0.4, -0.2) is 19.0 Å². The van der Waals surface area contributed by atoms with Crippen molar-refractivity contribution in [1.82, 2.24) is 5.32 Å². The van der Waals surface area contributed by atoms with Gasteiger partial charge in [-0.25, -0.2) is 0 Å². The van der Waals surface area contributed by atoms with Crippen molar-refractivity contribution in [2.75, 3.05) is 7.11 Å². The van der Waals surface area contributed by atoms with Crippen LogP contribution in [0.2, 0.25) is 0 Å². The van der Waals surface area contributed by atoms with Crippen LogP contribution in [-0.2, 0) is 35.7 Å². The predicted octanol–water partition coefficient (Wildman–Crippen LogP) is 8.70. The molecule has 0 aliphatic carbocycles. The van der Waals surface area contributed by atoms with Crippen LogP contribution in [0.3, 0.4) is 0 Å². The van der Waals surface area contributed by atoms with E-state index in [0.29, 0.717) is 48.8 Å². The van der Waals surface area contributed by atoms with Gasteiger partial charge in [-0.3, -0.25) is 9.59 Å². The van der Waals surface area contributed by atoms with Crippen molar-refractivity contribution >= 4 is 11.9 Å². The van der Waals surface area contributed by atoms with Crippen molar-refractivity contribution in [3.8, 4) is 23.0 Å². The Kier molecular flexibility index (Phi) is 12.2. The summed E-state index contributed by atoms with van der Waals surface area (Å²) in [5.74, 6) is 1.80. The van der Waals surface area contributed by atoms with E-state index in [1.807, 2.05) is 122 Å². The Morgan fingerprint density at radius 1 is 0.667 bits per heavy atom. The first-order valence-electron chi connectivity index (χ1n) is 16.2. The summed E-state index contributed by atoms with van der Waals surface area (Å²) in [6, 6.07) is 40.2. The van der Waals surface area contributed by atoms with Crippen molar-refractivity contribution in [2.24, 2.45) is 5.92 Å². The molecule has 7 nitrogen and oxygen atoms in total. The minimum atomic E-state index is -0.310. The monoisotopic (exact) mass is 643 g/mol. The van der Waals surface area contributed by atoms with Crippen LogP contribution in [0.25, 0.3) is 0 Å². The molecule has 0 heterocycles. The topological polar surface area (TPSA) is 83.1 Å². The lowest BCUT2D eigenvalue weighted by Crippen LogP contribution is -2.24. The number of esters is 1. The number of ether oxygens (including phenoxy) is 4. The number of benzene rings is 5. The number of nitrogens with one attached hydrogen (secondary N) is 1. The van der Waals surface area contributed by atoms with Crippen LogP contribution in [0.5, 0.6) is 23.0 Å². The zero-order valence-electron chi connectivity index (χ0n) is 27.4. The number of methoxy groups -OCH3 is 1. The van der Waals surface area contributed by atoms with Crippen molar-refractivity contribution in [1.29, 1.82) is 0 Å². The van der Waals surface area contributed by atoms with Gasteiger partial charge >= 0.3 is 5.97 Å². The first kappa shape index (κ1) is 33.8. The highest BCUT2D eigenvalue weighted by atomic mass is 16.5. The molecule has 0 aliphatic rings. The van der Waals surface area contributed by atoms with E-state index in [2.05, 4.69) is 5.32 Å². The van der Waals surface area contributed by atoms with E-state index in [-0.39, 0.29) is 24.4 Å². The Balaban J connectivity index is 1.14. The molecule has 0 aromatic heterocycles. The summed E-state index contributed by atoms with van der Waals surface area (Å²) < 4.78 is 23.0. The normalized spacial score (nSPS) is 11.3. The molecule has 0 unspecified atom stereocenters. The summed E-state index contributed by atoms with van der Waals surface area (Å²) in [5, 5.41) is 2.99. The zero-order chi connectivity index (χ0) is 33.6. The number of carbonyl (C=O) groups is 2. The molecule has 1 amide bonds. The SMILES string of the molecule is CCC[C@@H](Cc1ccc(OC)c(C(=O)NCc2ccc(Oc3ccc(OCc4ccccc4)cc3)cc2)c1)C(=O)OCc1ccccc1. The molecule has 0 spiro atoms. The molecule has 0 bridgehead atoms. The molecule has 0 radical (unpaired) electrons. The highest BCUT2D eigenvalue weighted by Gasteiger charge is 2.22. The molecule has 5 aromatic rings. The fraction of sp³-hybridized carbons (Fsp3) is 0.220. The largest absolute Gasteiger partial charge is 0.496 e. The highest BCUT2D eigenvalue weighted by molar-refractivity contribution is 5.97. The summed E-state index contributed by atoms with van der Waals surface area (Å²) in [5.41, 5.74) is 4.26. The van der Waals surface area contributed by atoms with Gasteiger partial charge in [-0.05, 0) is 83.6 Å². The van der Waals surface area contributed by atoms with Gasteiger partial charge in [0.2, 0.25) is 0 Å². The van der Waals surface area contributed by atoms with Crippen molar-refractivity contribution in [3.63, 3.8) is 0 Å². The molecule has 1 N–H and O–H groups in total. The maximum Gasteiger partial charge on any atom is 0.309 e. The van der Waals surface area contributed by atoms with E-state index < -0.39 is 0 Å². The van der Waals surface area contributed by atoms with E-state index in [0.717, 1.165) is 34.4 Å². The average molecular weight is 644 g/mol. The molecular weight excluding hydrogens is 602 g/mol. The van der Waals surface area contributed by atoms with Crippen molar-refractivity contribution in [3.05, 3.63) is 155 Å². The third-order valence-corrected chi connectivity index (χ3v) is 7.87. The third-order valence-electron chi connectivity index (χ3n) is 7.87. The molecule has 48 heavy (non-hydrogen) atoms. The fourth-order valence-corrected chi connectivity index (χ4v) is 5.28. The molecular formula is C41H41NO6. The Bertz CT molecular complexity index is 1740. The second-order valence-electron chi connectivity index (χ2n) is 11.5. The summed E-state index contributed by atoms with van der Waals surface area (Å²) in [6.45, 7) is 3.11. The second kappa shape index (κ2) is 17.4. The minimum absolute atomic E-state index is 0.236. The lowest BCUT2D eigenvalue weighted by Gasteiger charge is -2.17. The number of carbonyl (C=O) groups excluding carboxylic acids is 2. The second-order valence-corrected chi connectivity index (χ2v) is 11.5. The molecule has 0 fully saturated rings. The first-order chi connectivity index (χ1) is 23.5. The van der Waals surface area contributed by atoms with Crippen molar-refractivity contribution < 1.29 is 28.5 Å². The van der Waals surface area contributed by atoms with Gasteiger partial charge < -0.3 is 24.3 Å². The molecule has 5 rings (SSSR count). The van der Waals surface area contributed by atoms with Gasteiger partial charge in [0, 0.05) is 6.54 Å². The maximum absolute atomic E-state index is 13.3. The molecule has 0 saturated heterocycles. The van der Waals surface area contributed by atoms with Crippen LogP contribution in [0.4, 0.5) is 0 Å². The lowest BCUT2D eigenvalue weighted by molar-refractivity contribution is -0.150. The average Bonchev–Trinajstić information content (AvgIpc) is 3.13. The number of rotatable bonds is 16. The van der Waals surface area contributed by atoms with Crippen LogP contribution in [0.1, 0.15) is 52.4 Å². The summed E-state index contributed by atoms with van der Waals surface area (Å²) in [4.78, 5) is 26.3. The smallest absolute Gasteiger partial charge is 0.309 e. The van der Waals surface area contributed by atoms with Crippen molar-refractivity contribution in [2.45, 2.75) is 45.9 Å². The number of hydrogen-bond acceptors (Lipinski definition) is 6. The molecule has 5 aromatic carbocycles. The van der Waals surface area contributed by atoms with E-state index in [4.69, 9.17) is 18.9 Å². The van der Waals surface area contributed by atoms with E-state index in [1.165, 1.54) is 7.11 Å². The molecule has 0 aliphatic heterocycles. The Hall–Kier alpha value is -5.56. The fourth-order valence-electron chi connectivity index (χ4n) is 5.28. The standard InChI is InChI=1S/C41H41NO6/c1-3-10-34(41(44)47-29-32-13-8-5-9-14-32)25-33-17-24-39(45-2)38(26-33)40(43)42-27-30-15-18-36(19-16-30)48-37-22-20-35(21-23-37)46-28-31-11-6-4-7-12-31/h4-9,11-24,26,34H,3,10,25,27-29H2,1-2H3,(H,42,43)/t34-/m0/s1. The Labute approximate surface area is 282 Å². The number of amides is 1. The van der Waals surface area contributed by atoms with Crippen LogP contribution in [0, 0.1) is 5.92 Å². The first-order valence-corrected chi connectivity index (χ1v) is 16.2. The van der Waals surface area contributed by atoms with Crippen LogP contribution < -0.4 is 19.5 Å². The quantitative estimate of drug-likeness (QED) is 0.108. The van der Waals surface area contributed by atoms with Crippen LogP contribution in [0.15, 0.2) is 127 Å². The minimum Gasteiger partial charge on any atom is -0.496 e. The third kappa shape index (κ3) is 9.97. The van der Waals surface area contributed by atoms with Gasteiger partial charge in [-0.1, -0.05) is 92.2 Å². The summed E-state index contributed by atoms with van der Waals surface area (Å²) in [7, 11) is 1.54. The van der Waals surface area contributed by atoms with Gasteiger partial charge in [-0.2, -0.15) is 0 Å². The Morgan fingerprint density at radius 2 is 1.25 bits per heavy atom. The van der Waals surface area contributed by atoms with E-state index >= 15 is 0 Å². The molecule has 0 saturated carbocycles. The van der Waals surface area contributed by atoms with Gasteiger partial charge in [0.1, 0.15) is 36.2 Å². The van der Waals surface area contributed by atoms with E-state index in [9.17, 15) is 9.59 Å². The van der Waals surface area contributed by atoms with Gasteiger partial charge in [0.25, 0.3) is 5.91 Å². The zero-order valence-corrected chi connectivity index (χ0v) is 27.4. The highest BCUT2D eigenvalue weighted by Crippen LogP contribution is 2.26. The Morgan fingerprint density at radius 3 is 1.88 bits per heavy atom. The van der Waals surface area contributed by atoms with Gasteiger partial charge in [0.15, 0.2) is 0 Å². The molecule has 1 atom stereocenters. The number of hydrogen-bond donors (Lipinski definition) is 1. The maximum atomic E-state index is 13.3. The molecule has 7 heteroatoms.